The Morgan fingerprint density at radius 2 is 1.73 bits per heavy atom. The number of amides is 2. The summed E-state index contributed by atoms with van der Waals surface area (Å²) in [6, 6.07) is -1.34. The zero-order valence-corrected chi connectivity index (χ0v) is 17.5. The van der Waals surface area contributed by atoms with Crippen molar-refractivity contribution < 1.29 is 19.1 Å². The van der Waals surface area contributed by atoms with E-state index < -0.39 is 18.1 Å². The fourth-order valence-corrected chi connectivity index (χ4v) is 3.69. The molecule has 150 valence electrons. The average Bonchev–Trinajstić information content (AvgIpc) is 2.62. The number of carbonyl (C=O) groups is 3. The second kappa shape index (κ2) is 11.5. The Hall–Kier alpha value is -1.24. The number of hydrogen-bond donors (Lipinski definition) is 2. The number of esters is 1. The lowest BCUT2D eigenvalue weighted by molar-refractivity contribution is -0.145. The highest BCUT2D eigenvalue weighted by Gasteiger charge is 2.32. The molecule has 0 spiro atoms. The Labute approximate surface area is 161 Å². The molecule has 2 atom stereocenters. The molecule has 1 aliphatic rings. The molecule has 7 heteroatoms. The SMILES string of the molecule is COC(=O)[C@H](CCSC)NC(=O)[C@@H](NC(=O)C1CCC(C)CC1)C(C)C. The monoisotopic (exact) mass is 386 g/mol. The first-order chi connectivity index (χ1) is 12.3. The van der Waals surface area contributed by atoms with Crippen LogP contribution in [0.2, 0.25) is 0 Å². The summed E-state index contributed by atoms with van der Waals surface area (Å²) >= 11 is 1.60. The summed E-state index contributed by atoms with van der Waals surface area (Å²) in [6.45, 7) is 5.99. The van der Waals surface area contributed by atoms with Crippen molar-refractivity contribution in [1.82, 2.24) is 10.6 Å². The van der Waals surface area contributed by atoms with Crippen LogP contribution in [0, 0.1) is 17.8 Å². The molecular formula is C19H34N2O4S. The summed E-state index contributed by atoms with van der Waals surface area (Å²) in [7, 11) is 1.31. The van der Waals surface area contributed by atoms with Crippen molar-refractivity contribution in [2.75, 3.05) is 19.1 Å². The Morgan fingerprint density at radius 1 is 1.12 bits per heavy atom. The van der Waals surface area contributed by atoms with Crippen LogP contribution in [-0.2, 0) is 19.1 Å². The van der Waals surface area contributed by atoms with E-state index >= 15 is 0 Å². The first-order valence-electron chi connectivity index (χ1n) is 9.47. The summed E-state index contributed by atoms with van der Waals surface area (Å²) in [5.74, 6) is 0.480. The van der Waals surface area contributed by atoms with E-state index in [1.165, 1.54) is 7.11 Å². The smallest absolute Gasteiger partial charge is 0.328 e. The maximum atomic E-state index is 12.7. The summed E-state index contributed by atoms with van der Waals surface area (Å²) in [6.07, 6.45) is 6.29. The van der Waals surface area contributed by atoms with Gasteiger partial charge in [0.05, 0.1) is 7.11 Å². The molecular weight excluding hydrogens is 352 g/mol. The van der Waals surface area contributed by atoms with E-state index in [9.17, 15) is 14.4 Å². The van der Waals surface area contributed by atoms with E-state index in [-0.39, 0.29) is 23.7 Å². The Morgan fingerprint density at radius 3 is 2.23 bits per heavy atom. The molecule has 1 saturated carbocycles. The van der Waals surface area contributed by atoms with Gasteiger partial charge in [-0.25, -0.2) is 4.79 Å². The maximum Gasteiger partial charge on any atom is 0.328 e. The minimum Gasteiger partial charge on any atom is -0.467 e. The molecule has 0 aromatic rings. The predicted octanol–water partition coefficient (Wildman–Crippen LogP) is 2.36. The molecule has 6 nitrogen and oxygen atoms in total. The lowest BCUT2D eigenvalue weighted by atomic mass is 9.82. The van der Waals surface area contributed by atoms with Crippen LogP contribution < -0.4 is 10.6 Å². The zero-order chi connectivity index (χ0) is 19.7. The highest BCUT2D eigenvalue weighted by atomic mass is 32.2. The molecule has 0 aliphatic heterocycles. The molecule has 0 saturated heterocycles. The van der Waals surface area contributed by atoms with Gasteiger partial charge in [0.15, 0.2) is 0 Å². The van der Waals surface area contributed by atoms with E-state index in [2.05, 4.69) is 17.6 Å². The number of carbonyl (C=O) groups excluding carboxylic acids is 3. The molecule has 1 fully saturated rings. The van der Waals surface area contributed by atoms with Gasteiger partial charge in [-0.2, -0.15) is 11.8 Å². The van der Waals surface area contributed by atoms with E-state index in [1.54, 1.807) is 11.8 Å². The highest BCUT2D eigenvalue weighted by Crippen LogP contribution is 2.28. The number of ether oxygens (including phenoxy) is 1. The molecule has 0 bridgehead atoms. The van der Waals surface area contributed by atoms with Crippen LogP contribution in [0.4, 0.5) is 0 Å². The maximum absolute atomic E-state index is 12.7. The third-order valence-corrected chi connectivity index (χ3v) is 5.69. The van der Waals surface area contributed by atoms with Crippen molar-refractivity contribution in [1.29, 1.82) is 0 Å². The molecule has 2 N–H and O–H groups in total. The van der Waals surface area contributed by atoms with Crippen LogP contribution in [0.5, 0.6) is 0 Å². The van der Waals surface area contributed by atoms with Crippen LogP contribution >= 0.6 is 11.8 Å². The molecule has 1 rings (SSSR count). The topological polar surface area (TPSA) is 84.5 Å². The van der Waals surface area contributed by atoms with Crippen molar-refractivity contribution >= 4 is 29.5 Å². The van der Waals surface area contributed by atoms with Crippen molar-refractivity contribution in [3.8, 4) is 0 Å². The van der Waals surface area contributed by atoms with Gasteiger partial charge >= 0.3 is 5.97 Å². The standard InChI is InChI=1S/C19H34N2O4S/c1-12(2)16(21-17(22)14-8-6-13(3)7-9-14)18(23)20-15(10-11-26-5)19(24)25-4/h12-16H,6-11H2,1-5H3,(H,20,23)(H,21,22)/t13?,14?,15-,16-/m0/s1. The Bertz CT molecular complexity index is 476. The number of rotatable bonds is 9. The van der Waals surface area contributed by atoms with Gasteiger partial charge in [0, 0.05) is 5.92 Å². The quantitative estimate of drug-likeness (QED) is 0.594. The largest absolute Gasteiger partial charge is 0.467 e. The zero-order valence-electron chi connectivity index (χ0n) is 16.7. The molecule has 0 aromatic heterocycles. The number of hydrogen-bond acceptors (Lipinski definition) is 5. The molecule has 0 heterocycles. The predicted molar refractivity (Wildman–Crippen MR) is 105 cm³/mol. The second-order valence-corrected chi connectivity index (χ2v) is 8.54. The highest BCUT2D eigenvalue weighted by molar-refractivity contribution is 7.98. The summed E-state index contributed by atoms with van der Waals surface area (Å²) in [5.41, 5.74) is 0. The first kappa shape index (κ1) is 22.8. The van der Waals surface area contributed by atoms with Gasteiger partial charge in [0.2, 0.25) is 11.8 Å². The lowest BCUT2D eigenvalue weighted by Gasteiger charge is -2.29. The van der Waals surface area contributed by atoms with Gasteiger partial charge in [-0.05, 0) is 55.9 Å². The fraction of sp³-hybridized carbons (Fsp3) is 0.842. The first-order valence-corrected chi connectivity index (χ1v) is 10.9. The molecule has 0 radical (unpaired) electrons. The van der Waals surface area contributed by atoms with Crippen LogP contribution in [0.15, 0.2) is 0 Å². The van der Waals surface area contributed by atoms with Crippen LogP contribution in [0.1, 0.15) is 52.9 Å². The Kier molecular flexibility index (Phi) is 10.1. The van der Waals surface area contributed by atoms with Crippen LogP contribution in [-0.4, -0.2) is 49.0 Å². The molecule has 0 aromatic carbocycles. The molecule has 26 heavy (non-hydrogen) atoms. The van der Waals surface area contributed by atoms with Crippen molar-refractivity contribution in [3.05, 3.63) is 0 Å². The average molecular weight is 387 g/mol. The van der Waals surface area contributed by atoms with E-state index in [1.807, 2.05) is 20.1 Å². The van der Waals surface area contributed by atoms with Gasteiger partial charge in [0.1, 0.15) is 12.1 Å². The third-order valence-electron chi connectivity index (χ3n) is 5.05. The van der Waals surface area contributed by atoms with Gasteiger partial charge in [-0.15, -0.1) is 0 Å². The minimum absolute atomic E-state index is 0.0202. The number of nitrogens with one attached hydrogen (secondary N) is 2. The lowest BCUT2D eigenvalue weighted by Crippen LogP contribution is -2.55. The minimum atomic E-state index is -0.686. The summed E-state index contributed by atoms with van der Waals surface area (Å²) < 4.78 is 4.79. The fourth-order valence-electron chi connectivity index (χ4n) is 3.22. The van der Waals surface area contributed by atoms with Crippen molar-refractivity contribution in [2.45, 2.75) is 65.0 Å². The second-order valence-electron chi connectivity index (χ2n) is 7.55. The van der Waals surface area contributed by atoms with Gasteiger partial charge in [-0.1, -0.05) is 20.8 Å². The van der Waals surface area contributed by atoms with Gasteiger partial charge in [-0.3, -0.25) is 9.59 Å². The molecule has 0 unspecified atom stereocenters. The molecule has 1 aliphatic carbocycles. The van der Waals surface area contributed by atoms with Gasteiger partial charge < -0.3 is 15.4 Å². The van der Waals surface area contributed by atoms with E-state index in [0.29, 0.717) is 12.3 Å². The van der Waals surface area contributed by atoms with E-state index in [0.717, 1.165) is 31.4 Å². The summed E-state index contributed by atoms with van der Waals surface area (Å²) in [5, 5.41) is 5.67. The summed E-state index contributed by atoms with van der Waals surface area (Å²) in [4.78, 5) is 37.2. The molecule has 2 amide bonds. The van der Waals surface area contributed by atoms with Gasteiger partial charge in [0.25, 0.3) is 0 Å². The van der Waals surface area contributed by atoms with Crippen LogP contribution in [0.3, 0.4) is 0 Å². The Balaban J connectivity index is 2.70. The number of methoxy groups -OCH3 is 1. The van der Waals surface area contributed by atoms with E-state index in [4.69, 9.17) is 4.74 Å². The number of thioether (sulfide) groups is 1. The van der Waals surface area contributed by atoms with Crippen molar-refractivity contribution in [3.63, 3.8) is 0 Å². The third kappa shape index (κ3) is 7.17. The van der Waals surface area contributed by atoms with Crippen LogP contribution in [0.25, 0.3) is 0 Å². The van der Waals surface area contributed by atoms with Crippen molar-refractivity contribution in [2.24, 2.45) is 17.8 Å². The normalized spacial score (nSPS) is 22.4.